The molecule has 0 bridgehead atoms. The normalized spacial score (nSPS) is 21.8. The van der Waals surface area contributed by atoms with Crippen LogP contribution in [0.4, 0.5) is 4.39 Å². The van der Waals surface area contributed by atoms with Crippen LogP contribution in [0.15, 0.2) is 18.2 Å². The van der Waals surface area contributed by atoms with Crippen molar-refractivity contribution in [1.29, 1.82) is 5.26 Å². The van der Waals surface area contributed by atoms with Gasteiger partial charge in [-0.05, 0) is 48.4 Å². The second-order valence-corrected chi connectivity index (χ2v) is 5.90. The second kappa shape index (κ2) is 5.07. The van der Waals surface area contributed by atoms with Crippen LogP contribution < -0.4 is 5.32 Å². The Labute approximate surface area is 108 Å². The van der Waals surface area contributed by atoms with Crippen molar-refractivity contribution in [2.45, 2.75) is 45.7 Å². The number of nitrogens with zero attached hydrogens (tertiary/aromatic N) is 1. The van der Waals surface area contributed by atoms with Crippen molar-refractivity contribution in [3.05, 3.63) is 35.1 Å². The molecule has 0 heterocycles. The second-order valence-electron chi connectivity index (χ2n) is 5.90. The van der Waals surface area contributed by atoms with Crippen LogP contribution in [0, 0.1) is 22.6 Å². The number of hydrogen-bond acceptors (Lipinski definition) is 2. The molecule has 0 aliphatic heterocycles. The van der Waals surface area contributed by atoms with Gasteiger partial charge in [0.05, 0.1) is 11.6 Å². The van der Waals surface area contributed by atoms with Crippen LogP contribution >= 0.6 is 0 Å². The summed E-state index contributed by atoms with van der Waals surface area (Å²) in [6, 6.07) is 6.92. The molecule has 1 N–H and O–H groups in total. The SMILES string of the molecule is CC1(C)CCC(NCc2cc(F)ccc2C#N)C1. The Morgan fingerprint density at radius 1 is 1.50 bits per heavy atom. The fraction of sp³-hybridized carbons (Fsp3) is 0.533. The van der Waals surface area contributed by atoms with E-state index < -0.39 is 0 Å². The highest BCUT2D eigenvalue weighted by Gasteiger charge is 2.30. The molecule has 96 valence electrons. The van der Waals surface area contributed by atoms with E-state index in [0.717, 1.165) is 18.4 Å². The largest absolute Gasteiger partial charge is 0.310 e. The van der Waals surface area contributed by atoms with Gasteiger partial charge in [-0.25, -0.2) is 4.39 Å². The van der Waals surface area contributed by atoms with E-state index in [9.17, 15) is 4.39 Å². The Morgan fingerprint density at radius 3 is 2.89 bits per heavy atom. The van der Waals surface area contributed by atoms with Gasteiger partial charge in [-0.2, -0.15) is 5.26 Å². The molecule has 0 amide bonds. The van der Waals surface area contributed by atoms with Gasteiger partial charge < -0.3 is 5.32 Å². The number of rotatable bonds is 3. The minimum atomic E-state index is -0.280. The molecule has 1 aromatic carbocycles. The molecule has 18 heavy (non-hydrogen) atoms. The van der Waals surface area contributed by atoms with Crippen molar-refractivity contribution in [3.63, 3.8) is 0 Å². The van der Waals surface area contributed by atoms with Crippen molar-refractivity contribution < 1.29 is 4.39 Å². The summed E-state index contributed by atoms with van der Waals surface area (Å²) in [4.78, 5) is 0. The van der Waals surface area contributed by atoms with Crippen molar-refractivity contribution in [2.24, 2.45) is 5.41 Å². The summed E-state index contributed by atoms with van der Waals surface area (Å²) in [6.07, 6.45) is 3.52. The maximum atomic E-state index is 13.2. The molecule has 2 rings (SSSR count). The van der Waals surface area contributed by atoms with Crippen molar-refractivity contribution in [2.75, 3.05) is 0 Å². The van der Waals surface area contributed by atoms with E-state index in [1.165, 1.54) is 18.6 Å². The summed E-state index contributed by atoms with van der Waals surface area (Å²) in [7, 11) is 0. The fourth-order valence-electron chi connectivity index (χ4n) is 2.68. The number of benzene rings is 1. The van der Waals surface area contributed by atoms with Crippen LogP contribution in [0.25, 0.3) is 0 Å². The lowest BCUT2D eigenvalue weighted by molar-refractivity contribution is 0.364. The Morgan fingerprint density at radius 2 is 2.28 bits per heavy atom. The Bertz CT molecular complexity index is 474. The van der Waals surface area contributed by atoms with E-state index in [2.05, 4.69) is 25.2 Å². The van der Waals surface area contributed by atoms with E-state index in [1.807, 2.05) is 0 Å². The zero-order chi connectivity index (χ0) is 13.2. The minimum absolute atomic E-state index is 0.280. The highest BCUT2D eigenvalue weighted by Crippen LogP contribution is 2.37. The predicted octanol–water partition coefficient (Wildman–Crippen LogP) is 3.37. The third kappa shape index (κ3) is 3.08. The fourth-order valence-corrected chi connectivity index (χ4v) is 2.68. The molecule has 0 radical (unpaired) electrons. The van der Waals surface area contributed by atoms with E-state index in [4.69, 9.17) is 5.26 Å². The number of halogens is 1. The standard InChI is InChI=1S/C15H19FN2/c1-15(2)6-5-14(8-15)18-10-12-7-13(16)4-3-11(12)9-17/h3-4,7,14,18H,5-6,8,10H2,1-2H3. The molecule has 0 spiro atoms. The Kier molecular flexibility index (Phi) is 3.68. The number of nitriles is 1. The van der Waals surface area contributed by atoms with Crippen LogP contribution in [0.3, 0.4) is 0 Å². The monoisotopic (exact) mass is 246 g/mol. The first-order chi connectivity index (χ1) is 8.50. The van der Waals surface area contributed by atoms with Gasteiger partial charge in [-0.15, -0.1) is 0 Å². The maximum absolute atomic E-state index is 13.2. The first-order valence-electron chi connectivity index (χ1n) is 6.42. The molecule has 1 unspecified atom stereocenters. The molecule has 1 aliphatic carbocycles. The minimum Gasteiger partial charge on any atom is -0.310 e. The van der Waals surface area contributed by atoms with E-state index >= 15 is 0 Å². The lowest BCUT2D eigenvalue weighted by Gasteiger charge is -2.18. The average molecular weight is 246 g/mol. The molecule has 1 aromatic rings. The summed E-state index contributed by atoms with van der Waals surface area (Å²) in [5, 5.41) is 12.4. The summed E-state index contributed by atoms with van der Waals surface area (Å²) < 4.78 is 13.2. The Balaban J connectivity index is 1.99. The van der Waals surface area contributed by atoms with Gasteiger partial charge in [0.25, 0.3) is 0 Å². The van der Waals surface area contributed by atoms with Crippen LogP contribution in [0.5, 0.6) is 0 Å². The summed E-state index contributed by atoms with van der Waals surface area (Å²) in [6.45, 7) is 5.12. The van der Waals surface area contributed by atoms with Gasteiger partial charge in [0.2, 0.25) is 0 Å². The molecule has 1 saturated carbocycles. The number of nitrogens with one attached hydrogen (secondary N) is 1. The van der Waals surface area contributed by atoms with E-state index in [0.29, 0.717) is 23.6 Å². The maximum Gasteiger partial charge on any atom is 0.123 e. The van der Waals surface area contributed by atoms with Crippen LogP contribution in [0.2, 0.25) is 0 Å². The van der Waals surface area contributed by atoms with Crippen molar-refractivity contribution in [3.8, 4) is 6.07 Å². The molecular formula is C15H19FN2. The lowest BCUT2D eigenvalue weighted by atomic mass is 9.92. The molecule has 1 fully saturated rings. The van der Waals surface area contributed by atoms with E-state index in [-0.39, 0.29) is 5.82 Å². The third-order valence-corrected chi connectivity index (χ3v) is 3.74. The van der Waals surface area contributed by atoms with Crippen LogP contribution in [-0.4, -0.2) is 6.04 Å². The summed E-state index contributed by atoms with van der Waals surface area (Å²) >= 11 is 0. The Hall–Kier alpha value is -1.40. The van der Waals surface area contributed by atoms with Crippen molar-refractivity contribution >= 4 is 0 Å². The highest BCUT2D eigenvalue weighted by atomic mass is 19.1. The van der Waals surface area contributed by atoms with Crippen LogP contribution in [-0.2, 0) is 6.54 Å². The van der Waals surface area contributed by atoms with Gasteiger partial charge >= 0.3 is 0 Å². The average Bonchev–Trinajstić information content (AvgIpc) is 2.66. The molecule has 0 aromatic heterocycles. The summed E-state index contributed by atoms with van der Waals surface area (Å²) in [5.74, 6) is -0.280. The summed E-state index contributed by atoms with van der Waals surface area (Å²) in [5.41, 5.74) is 1.71. The molecule has 3 heteroatoms. The molecule has 1 atom stereocenters. The highest BCUT2D eigenvalue weighted by molar-refractivity contribution is 5.37. The lowest BCUT2D eigenvalue weighted by Crippen LogP contribution is -2.27. The zero-order valence-corrected chi connectivity index (χ0v) is 11.0. The topological polar surface area (TPSA) is 35.8 Å². The molecule has 2 nitrogen and oxygen atoms in total. The first-order valence-corrected chi connectivity index (χ1v) is 6.42. The zero-order valence-electron chi connectivity index (χ0n) is 11.0. The van der Waals surface area contributed by atoms with E-state index in [1.54, 1.807) is 6.07 Å². The quantitative estimate of drug-likeness (QED) is 0.887. The van der Waals surface area contributed by atoms with Gasteiger partial charge in [-0.3, -0.25) is 0 Å². The third-order valence-electron chi connectivity index (χ3n) is 3.74. The van der Waals surface area contributed by atoms with Gasteiger partial charge in [-0.1, -0.05) is 13.8 Å². The van der Waals surface area contributed by atoms with Gasteiger partial charge in [0.1, 0.15) is 5.82 Å². The van der Waals surface area contributed by atoms with Crippen molar-refractivity contribution in [1.82, 2.24) is 5.32 Å². The number of hydrogen-bond donors (Lipinski definition) is 1. The smallest absolute Gasteiger partial charge is 0.123 e. The molecule has 0 saturated heterocycles. The van der Waals surface area contributed by atoms with Gasteiger partial charge in [0, 0.05) is 12.6 Å². The molecule has 1 aliphatic rings. The van der Waals surface area contributed by atoms with Gasteiger partial charge in [0.15, 0.2) is 0 Å². The first kappa shape index (κ1) is 13.0. The predicted molar refractivity (Wildman–Crippen MR) is 69.4 cm³/mol. The van der Waals surface area contributed by atoms with Crippen LogP contribution in [0.1, 0.15) is 44.2 Å². The molecular weight excluding hydrogens is 227 g/mol.